The Morgan fingerprint density at radius 3 is 2.23 bits per heavy atom. The van der Waals surface area contributed by atoms with E-state index in [1.165, 1.54) is 39.0 Å². The van der Waals surface area contributed by atoms with Crippen molar-refractivity contribution in [2.45, 2.75) is 65.2 Å². The second-order valence-electron chi connectivity index (χ2n) is 9.51. The number of rotatable bonds is 11. The zero-order valence-corrected chi connectivity index (χ0v) is 19.7. The maximum absolute atomic E-state index is 4.36. The molecule has 3 rings (SSSR count). The Bertz CT molecular complexity index is 937. The molecule has 162 valence electrons. The minimum atomic E-state index is 0.536. The molecule has 0 radical (unpaired) electrons. The third kappa shape index (κ3) is 7.24. The Balaban J connectivity index is 1.42. The van der Waals surface area contributed by atoms with Crippen LogP contribution in [0.3, 0.4) is 0 Å². The molecule has 2 aromatic carbocycles. The molecule has 1 aliphatic rings. The summed E-state index contributed by atoms with van der Waals surface area (Å²) in [4.78, 5) is 0. The zero-order valence-electron chi connectivity index (χ0n) is 19.7. The molecule has 0 N–H and O–H groups in total. The molecule has 2 unspecified atom stereocenters. The molecule has 0 amide bonds. The quantitative estimate of drug-likeness (QED) is 0.325. The summed E-state index contributed by atoms with van der Waals surface area (Å²) in [5, 5.41) is 0. The van der Waals surface area contributed by atoms with Crippen molar-refractivity contribution in [1.82, 2.24) is 0 Å². The number of hydrogen-bond acceptors (Lipinski definition) is 0. The first kappa shape index (κ1) is 23.1. The van der Waals surface area contributed by atoms with E-state index >= 15 is 0 Å². The van der Waals surface area contributed by atoms with Crippen LogP contribution in [-0.4, -0.2) is 0 Å². The van der Waals surface area contributed by atoms with Crippen LogP contribution in [0.2, 0.25) is 0 Å². The maximum atomic E-state index is 4.36. The highest BCUT2D eigenvalue weighted by molar-refractivity contribution is 5.35. The average Bonchev–Trinajstić information content (AvgIpc) is 3.18. The minimum absolute atomic E-state index is 0.536. The van der Waals surface area contributed by atoms with Crippen molar-refractivity contribution >= 4 is 0 Å². The van der Waals surface area contributed by atoms with Crippen LogP contribution in [-0.2, 0) is 12.8 Å². The zero-order chi connectivity index (χ0) is 22.2. The van der Waals surface area contributed by atoms with Crippen LogP contribution >= 0.6 is 0 Å². The number of benzene rings is 2. The molecule has 31 heavy (non-hydrogen) atoms. The van der Waals surface area contributed by atoms with Gasteiger partial charge < -0.3 is 0 Å². The molecule has 0 saturated heterocycles. The molecule has 0 saturated carbocycles. The summed E-state index contributed by atoms with van der Waals surface area (Å²) in [7, 11) is 0. The third-order valence-corrected chi connectivity index (χ3v) is 6.56. The van der Waals surface area contributed by atoms with Crippen molar-refractivity contribution in [3.8, 4) is 0 Å². The summed E-state index contributed by atoms with van der Waals surface area (Å²) in [6.07, 6.45) is 11.1. The second-order valence-corrected chi connectivity index (χ2v) is 9.51. The maximum Gasteiger partial charge on any atom is -0.00698 e. The number of hydrogen-bond donors (Lipinski definition) is 0. The Labute approximate surface area is 190 Å². The van der Waals surface area contributed by atoms with Gasteiger partial charge in [0.2, 0.25) is 0 Å². The van der Waals surface area contributed by atoms with Crippen LogP contribution in [0.4, 0.5) is 0 Å². The fourth-order valence-corrected chi connectivity index (χ4v) is 4.33. The van der Waals surface area contributed by atoms with Gasteiger partial charge in [0.25, 0.3) is 0 Å². The van der Waals surface area contributed by atoms with Crippen molar-refractivity contribution in [2.75, 3.05) is 0 Å². The van der Waals surface area contributed by atoms with E-state index in [9.17, 15) is 0 Å². The molecular formula is C31H38. The van der Waals surface area contributed by atoms with Crippen LogP contribution in [0.1, 0.15) is 69.1 Å². The van der Waals surface area contributed by atoms with Crippen molar-refractivity contribution in [3.63, 3.8) is 0 Å². The van der Waals surface area contributed by atoms with Crippen molar-refractivity contribution in [3.05, 3.63) is 119 Å². The predicted molar refractivity (Wildman–Crippen MR) is 136 cm³/mol. The predicted octanol–water partition coefficient (Wildman–Crippen LogP) is 8.77. The lowest BCUT2D eigenvalue weighted by Gasteiger charge is -2.16. The van der Waals surface area contributed by atoms with Crippen LogP contribution in [0.5, 0.6) is 0 Å². The van der Waals surface area contributed by atoms with Gasteiger partial charge in [-0.1, -0.05) is 110 Å². The Hall–Kier alpha value is -2.60. The van der Waals surface area contributed by atoms with Gasteiger partial charge in [-0.05, 0) is 79.5 Å². The highest BCUT2D eigenvalue weighted by Gasteiger charge is 2.12. The Morgan fingerprint density at radius 1 is 0.903 bits per heavy atom. The molecule has 0 nitrogen and oxygen atoms in total. The summed E-state index contributed by atoms with van der Waals surface area (Å²) < 4.78 is 0. The Morgan fingerprint density at radius 2 is 1.58 bits per heavy atom. The second kappa shape index (κ2) is 11.1. The molecule has 2 aromatic rings. The minimum Gasteiger partial charge on any atom is -0.0995 e. The molecule has 2 atom stereocenters. The monoisotopic (exact) mass is 410 g/mol. The molecule has 0 aliphatic heterocycles. The van der Waals surface area contributed by atoms with E-state index in [4.69, 9.17) is 0 Å². The summed E-state index contributed by atoms with van der Waals surface area (Å²) in [5.41, 5.74) is 9.75. The summed E-state index contributed by atoms with van der Waals surface area (Å²) in [5.74, 6) is 1.07. The van der Waals surface area contributed by atoms with Crippen LogP contribution in [0.15, 0.2) is 102 Å². The highest BCUT2D eigenvalue weighted by atomic mass is 14.2. The summed E-state index contributed by atoms with van der Waals surface area (Å²) in [6, 6.07) is 19.9. The third-order valence-electron chi connectivity index (χ3n) is 6.56. The van der Waals surface area contributed by atoms with E-state index in [2.05, 4.69) is 101 Å². The highest BCUT2D eigenvalue weighted by Crippen LogP contribution is 2.28. The lowest BCUT2D eigenvalue weighted by molar-refractivity contribution is 0.597. The van der Waals surface area contributed by atoms with E-state index in [1.807, 2.05) is 0 Å². The molecule has 0 heteroatoms. The van der Waals surface area contributed by atoms with Gasteiger partial charge in [0.05, 0.1) is 0 Å². The molecular weight excluding hydrogens is 372 g/mol. The molecule has 0 aromatic heterocycles. The van der Waals surface area contributed by atoms with Gasteiger partial charge in [0, 0.05) is 0 Å². The van der Waals surface area contributed by atoms with Crippen LogP contribution in [0.25, 0.3) is 0 Å². The topological polar surface area (TPSA) is 0 Å². The van der Waals surface area contributed by atoms with E-state index in [0.29, 0.717) is 11.8 Å². The molecule has 0 fully saturated rings. The average molecular weight is 411 g/mol. The van der Waals surface area contributed by atoms with Crippen molar-refractivity contribution < 1.29 is 0 Å². The lowest BCUT2D eigenvalue weighted by Crippen LogP contribution is -2.01. The van der Waals surface area contributed by atoms with E-state index in [1.54, 1.807) is 0 Å². The van der Waals surface area contributed by atoms with Gasteiger partial charge in [-0.25, -0.2) is 0 Å². The molecule has 0 heterocycles. The van der Waals surface area contributed by atoms with Crippen molar-refractivity contribution in [1.29, 1.82) is 0 Å². The van der Waals surface area contributed by atoms with Crippen molar-refractivity contribution in [2.24, 2.45) is 5.92 Å². The van der Waals surface area contributed by atoms with E-state index in [0.717, 1.165) is 38.5 Å². The van der Waals surface area contributed by atoms with E-state index in [-0.39, 0.29) is 0 Å². The van der Waals surface area contributed by atoms with Gasteiger partial charge in [-0.3, -0.25) is 0 Å². The summed E-state index contributed by atoms with van der Waals surface area (Å²) in [6.45, 7) is 15.5. The normalized spacial score (nSPS) is 15.2. The first-order valence-corrected chi connectivity index (χ1v) is 11.7. The fraction of sp³-hybridized carbons (Fsp3) is 0.355. The van der Waals surface area contributed by atoms with Gasteiger partial charge in [-0.2, -0.15) is 0 Å². The molecule has 1 aliphatic carbocycles. The summed E-state index contributed by atoms with van der Waals surface area (Å²) >= 11 is 0. The smallest absolute Gasteiger partial charge is 0.00698 e. The van der Waals surface area contributed by atoms with Gasteiger partial charge in [0.1, 0.15) is 0 Å². The largest absolute Gasteiger partial charge is 0.0995 e. The fourth-order valence-electron chi connectivity index (χ4n) is 4.33. The first-order valence-electron chi connectivity index (χ1n) is 11.7. The van der Waals surface area contributed by atoms with Gasteiger partial charge in [0.15, 0.2) is 0 Å². The Kier molecular flexibility index (Phi) is 8.29. The standard InChI is InChI=1S/C31H38/c1-23(11-13-25(3)26(4)21-30-14-12-24(2)20-30)19-28-15-17-29(18-16-28)22-27(5)31-9-7-6-8-10-31/h6-10,14-18,20,25,27H,1,4,11-13,19,21-22H2,2-3,5H3. The van der Waals surface area contributed by atoms with Gasteiger partial charge >= 0.3 is 0 Å². The van der Waals surface area contributed by atoms with Crippen LogP contribution in [0, 0.1) is 5.92 Å². The van der Waals surface area contributed by atoms with Crippen LogP contribution < -0.4 is 0 Å². The van der Waals surface area contributed by atoms with E-state index < -0.39 is 0 Å². The molecule has 0 bridgehead atoms. The lowest BCUT2D eigenvalue weighted by atomic mass is 9.89. The number of allylic oxidation sites excluding steroid dienone is 6. The van der Waals surface area contributed by atoms with Gasteiger partial charge in [-0.15, -0.1) is 0 Å². The molecule has 0 spiro atoms. The first-order chi connectivity index (χ1) is 14.9. The SMILES string of the molecule is C=C(CCC(C)C(=C)CC1=CCC(C)=C1)Cc1ccc(CC(C)c2ccccc2)cc1.